The first-order chi connectivity index (χ1) is 13.4. The van der Waals surface area contributed by atoms with Crippen LogP contribution < -0.4 is 20.9 Å². The molecule has 0 radical (unpaired) electrons. The van der Waals surface area contributed by atoms with Crippen molar-refractivity contribution in [3.8, 4) is 11.8 Å². The largest absolute Gasteiger partial charge is 0.483 e. The minimum absolute atomic E-state index is 0.258. The fourth-order valence-electron chi connectivity index (χ4n) is 2.13. The number of nitrogens with zero attached hydrogens (tertiary/aromatic N) is 1. The number of amides is 3. The number of hydrazine groups is 1. The number of ether oxygens (including phenoxy) is 1. The average Bonchev–Trinajstić information content (AvgIpc) is 2.66. The molecule has 0 aliphatic heterocycles. The van der Waals surface area contributed by atoms with Crippen molar-refractivity contribution < 1.29 is 19.1 Å². The lowest BCUT2D eigenvalue weighted by Crippen LogP contribution is -2.43. The first-order valence-electron chi connectivity index (χ1n) is 8.14. The minimum atomic E-state index is -0.539. The second kappa shape index (κ2) is 9.94. The van der Waals surface area contributed by atoms with Gasteiger partial charge >= 0.3 is 0 Å². The van der Waals surface area contributed by atoms with E-state index < -0.39 is 17.7 Å². The maximum absolute atomic E-state index is 12.0. The van der Waals surface area contributed by atoms with Crippen molar-refractivity contribution in [3.63, 3.8) is 0 Å². The van der Waals surface area contributed by atoms with Gasteiger partial charge in [0.2, 0.25) is 5.91 Å². The molecule has 0 saturated heterocycles. The van der Waals surface area contributed by atoms with Gasteiger partial charge in [-0.25, -0.2) is 0 Å². The van der Waals surface area contributed by atoms with E-state index in [0.717, 1.165) is 5.56 Å². The number of aryl methyl sites for hydroxylation is 1. The molecule has 2 aromatic rings. The van der Waals surface area contributed by atoms with Crippen molar-refractivity contribution >= 4 is 35.0 Å². The lowest BCUT2D eigenvalue weighted by Gasteiger charge is -2.11. The predicted octanol–water partition coefficient (Wildman–Crippen LogP) is 2.34. The minimum Gasteiger partial charge on any atom is -0.483 e. The average molecular weight is 401 g/mol. The van der Waals surface area contributed by atoms with Crippen LogP contribution in [-0.4, -0.2) is 24.3 Å². The highest BCUT2D eigenvalue weighted by Gasteiger charge is 2.09. The molecule has 144 valence electrons. The van der Waals surface area contributed by atoms with E-state index in [0.29, 0.717) is 16.5 Å². The second-order valence-electron chi connectivity index (χ2n) is 5.66. The summed E-state index contributed by atoms with van der Waals surface area (Å²) in [7, 11) is 0. The van der Waals surface area contributed by atoms with Crippen LogP contribution in [-0.2, 0) is 9.59 Å². The summed E-state index contributed by atoms with van der Waals surface area (Å²) in [5.74, 6) is -1.00. The number of hydrogen-bond donors (Lipinski definition) is 3. The van der Waals surface area contributed by atoms with Crippen molar-refractivity contribution in [3.05, 3.63) is 58.6 Å². The Morgan fingerprint density at radius 3 is 2.43 bits per heavy atom. The van der Waals surface area contributed by atoms with Gasteiger partial charge in [-0.15, -0.1) is 0 Å². The number of nitrogens with one attached hydrogen (secondary N) is 3. The van der Waals surface area contributed by atoms with Crippen LogP contribution in [0.25, 0.3) is 0 Å². The summed E-state index contributed by atoms with van der Waals surface area (Å²) in [4.78, 5) is 35.2. The van der Waals surface area contributed by atoms with E-state index in [1.807, 2.05) is 0 Å². The third-order valence-electron chi connectivity index (χ3n) is 3.48. The number of hydrogen-bond acceptors (Lipinski definition) is 5. The SMILES string of the molecule is Cc1cc(Cl)ccc1OCC(=O)NNC(=O)c1ccc(NC(=O)CC#N)cc1. The molecule has 0 heterocycles. The van der Waals surface area contributed by atoms with E-state index in [2.05, 4.69) is 16.2 Å². The summed E-state index contributed by atoms with van der Waals surface area (Å²) in [6, 6.07) is 12.7. The summed E-state index contributed by atoms with van der Waals surface area (Å²) in [5.41, 5.74) is 6.03. The van der Waals surface area contributed by atoms with E-state index >= 15 is 0 Å². The number of rotatable bonds is 6. The number of carbonyl (C=O) groups excluding carboxylic acids is 3. The molecule has 0 aromatic heterocycles. The molecule has 0 spiro atoms. The number of carbonyl (C=O) groups is 3. The molecule has 0 bridgehead atoms. The zero-order valence-corrected chi connectivity index (χ0v) is 15.7. The zero-order valence-electron chi connectivity index (χ0n) is 14.9. The quantitative estimate of drug-likeness (QED) is 0.643. The first kappa shape index (κ1) is 20.7. The van der Waals surface area contributed by atoms with Gasteiger partial charge in [0.05, 0.1) is 6.07 Å². The van der Waals surface area contributed by atoms with Crippen molar-refractivity contribution in [2.75, 3.05) is 11.9 Å². The third-order valence-corrected chi connectivity index (χ3v) is 3.72. The van der Waals surface area contributed by atoms with Crippen LogP contribution in [0.5, 0.6) is 5.75 Å². The Hall–Kier alpha value is -3.57. The van der Waals surface area contributed by atoms with Crippen molar-refractivity contribution in [1.29, 1.82) is 5.26 Å². The Morgan fingerprint density at radius 1 is 1.07 bits per heavy atom. The van der Waals surface area contributed by atoms with Gasteiger partial charge in [0.15, 0.2) is 6.61 Å². The number of nitriles is 1. The molecule has 0 aliphatic carbocycles. The molecular formula is C19H17ClN4O4. The molecule has 2 aromatic carbocycles. The van der Waals surface area contributed by atoms with Crippen molar-refractivity contribution in [2.45, 2.75) is 13.3 Å². The van der Waals surface area contributed by atoms with E-state index in [1.165, 1.54) is 24.3 Å². The van der Waals surface area contributed by atoms with Crippen LogP contribution in [0, 0.1) is 18.3 Å². The molecular weight excluding hydrogens is 384 g/mol. The van der Waals surface area contributed by atoms with Gasteiger partial charge < -0.3 is 10.1 Å². The predicted molar refractivity (Wildman–Crippen MR) is 103 cm³/mol. The molecule has 0 atom stereocenters. The van der Waals surface area contributed by atoms with Gasteiger partial charge in [-0.05, 0) is 55.0 Å². The van der Waals surface area contributed by atoms with E-state index in [4.69, 9.17) is 21.6 Å². The van der Waals surface area contributed by atoms with Gasteiger partial charge in [0.1, 0.15) is 12.2 Å². The number of anilines is 1. The molecule has 8 nitrogen and oxygen atoms in total. The Bertz CT molecular complexity index is 923. The number of benzene rings is 2. The van der Waals surface area contributed by atoms with Crippen LogP contribution in [0.1, 0.15) is 22.3 Å². The van der Waals surface area contributed by atoms with Gasteiger partial charge in [-0.2, -0.15) is 5.26 Å². The molecule has 0 aliphatic rings. The monoisotopic (exact) mass is 400 g/mol. The van der Waals surface area contributed by atoms with Crippen LogP contribution in [0.4, 0.5) is 5.69 Å². The summed E-state index contributed by atoms with van der Waals surface area (Å²) in [6.07, 6.45) is -0.258. The van der Waals surface area contributed by atoms with Crippen LogP contribution in [0.2, 0.25) is 5.02 Å². The van der Waals surface area contributed by atoms with Gasteiger partial charge in [-0.3, -0.25) is 25.2 Å². The van der Waals surface area contributed by atoms with Crippen molar-refractivity contribution in [2.24, 2.45) is 0 Å². The maximum atomic E-state index is 12.0. The van der Waals surface area contributed by atoms with Crippen LogP contribution in [0.15, 0.2) is 42.5 Å². The zero-order chi connectivity index (χ0) is 20.5. The van der Waals surface area contributed by atoms with E-state index in [1.54, 1.807) is 31.2 Å². The van der Waals surface area contributed by atoms with Crippen LogP contribution >= 0.6 is 11.6 Å². The lowest BCUT2D eigenvalue weighted by molar-refractivity contribution is -0.123. The highest BCUT2D eigenvalue weighted by atomic mass is 35.5. The Kier molecular flexibility index (Phi) is 7.37. The standard InChI is InChI=1S/C19H17ClN4O4/c1-12-10-14(20)4-7-16(12)28-11-18(26)23-24-19(27)13-2-5-15(6-3-13)22-17(25)8-9-21/h2-7,10H,8,11H2,1H3,(H,22,25)(H,23,26)(H,24,27). The van der Waals surface area contributed by atoms with Crippen LogP contribution in [0.3, 0.4) is 0 Å². The molecule has 3 N–H and O–H groups in total. The molecule has 2 rings (SSSR count). The fourth-order valence-corrected chi connectivity index (χ4v) is 2.36. The topological polar surface area (TPSA) is 120 Å². The highest BCUT2D eigenvalue weighted by molar-refractivity contribution is 6.30. The molecule has 9 heteroatoms. The van der Waals surface area contributed by atoms with E-state index in [-0.39, 0.29) is 18.6 Å². The maximum Gasteiger partial charge on any atom is 0.276 e. The van der Waals surface area contributed by atoms with Crippen molar-refractivity contribution in [1.82, 2.24) is 10.9 Å². The Labute approximate surface area is 166 Å². The summed E-state index contributed by atoms with van der Waals surface area (Å²) in [6.45, 7) is 1.51. The molecule has 0 unspecified atom stereocenters. The summed E-state index contributed by atoms with van der Waals surface area (Å²) < 4.78 is 5.38. The smallest absolute Gasteiger partial charge is 0.276 e. The Morgan fingerprint density at radius 2 is 1.79 bits per heavy atom. The normalized spacial score (nSPS) is 9.75. The second-order valence-corrected chi connectivity index (χ2v) is 6.10. The number of halogens is 1. The summed E-state index contributed by atoms with van der Waals surface area (Å²) in [5, 5.41) is 11.5. The first-order valence-corrected chi connectivity index (χ1v) is 8.52. The van der Waals surface area contributed by atoms with Gasteiger partial charge in [0.25, 0.3) is 11.8 Å². The van der Waals surface area contributed by atoms with Gasteiger partial charge in [0, 0.05) is 16.3 Å². The highest BCUT2D eigenvalue weighted by Crippen LogP contribution is 2.21. The summed E-state index contributed by atoms with van der Waals surface area (Å²) >= 11 is 5.86. The molecule has 0 fully saturated rings. The lowest BCUT2D eigenvalue weighted by atomic mass is 10.2. The Balaban J connectivity index is 1.80. The third kappa shape index (κ3) is 6.30. The molecule has 3 amide bonds. The van der Waals surface area contributed by atoms with E-state index in [9.17, 15) is 14.4 Å². The molecule has 28 heavy (non-hydrogen) atoms. The molecule has 0 saturated carbocycles. The fraction of sp³-hybridized carbons (Fsp3) is 0.158. The van der Waals surface area contributed by atoms with Gasteiger partial charge in [-0.1, -0.05) is 11.6 Å².